The van der Waals surface area contributed by atoms with Crippen LogP contribution >= 0.6 is 35.6 Å². The smallest absolute Gasteiger partial charge is 0.191 e. The summed E-state index contributed by atoms with van der Waals surface area (Å²) in [6, 6.07) is 5.71. The molecule has 0 unspecified atom stereocenters. The van der Waals surface area contributed by atoms with Crippen molar-refractivity contribution in [1.82, 2.24) is 30.4 Å². The van der Waals surface area contributed by atoms with Crippen LogP contribution in [0.4, 0.5) is 5.82 Å². The van der Waals surface area contributed by atoms with Gasteiger partial charge < -0.3 is 20.7 Å². The zero-order valence-corrected chi connectivity index (χ0v) is 20.2. The van der Waals surface area contributed by atoms with Gasteiger partial charge in [0.25, 0.3) is 0 Å². The van der Waals surface area contributed by atoms with Crippen LogP contribution < -0.4 is 20.7 Å². The number of methoxy groups -OCH3 is 1. The van der Waals surface area contributed by atoms with E-state index < -0.39 is 0 Å². The molecule has 0 bridgehead atoms. The fourth-order valence-corrected chi connectivity index (χ4v) is 3.12. The molecule has 2 heterocycles. The number of guanidine groups is 1. The van der Waals surface area contributed by atoms with Crippen molar-refractivity contribution in [3.8, 4) is 5.75 Å². The van der Waals surface area contributed by atoms with Crippen LogP contribution in [-0.4, -0.2) is 59.5 Å². The molecule has 0 saturated carbocycles. The van der Waals surface area contributed by atoms with E-state index in [9.17, 15) is 0 Å². The molecule has 0 atom stereocenters. The summed E-state index contributed by atoms with van der Waals surface area (Å²) in [4.78, 5) is 12.8. The molecular formula is C19H26ClIN8O. The van der Waals surface area contributed by atoms with E-state index in [1.807, 2.05) is 25.2 Å². The summed E-state index contributed by atoms with van der Waals surface area (Å²) < 4.78 is 6.90. The number of rotatable bonds is 8. The standard InChI is InChI=1S/C19H25ClN8O.HI/c1-21-19(23-7-6-13-4-5-14(29-3)10-16(13)20)24-9-8-22-17-15-11-27-28(2)18(15)26-12-25-17;/h4-5,10-12H,6-9H2,1-3H3,(H2,21,23,24)(H,22,25,26);1H. The quantitative estimate of drug-likeness (QED) is 0.173. The van der Waals surface area contributed by atoms with Crippen molar-refractivity contribution in [2.24, 2.45) is 12.0 Å². The van der Waals surface area contributed by atoms with E-state index in [0.717, 1.165) is 40.5 Å². The molecule has 162 valence electrons. The van der Waals surface area contributed by atoms with Gasteiger partial charge in [0.05, 0.1) is 18.7 Å². The maximum Gasteiger partial charge on any atom is 0.191 e. The lowest BCUT2D eigenvalue weighted by atomic mass is 10.1. The van der Waals surface area contributed by atoms with Gasteiger partial charge in [-0.2, -0.15) is 5.10 Å². The molecule has 1 aromatic carbocycles. The van der Waals surface area contributed by atoms with Gasteiger partial charge in [-0.15, -0.1) is 24.0 Å². The maximum absolute atomic E-state index is 6.28. The second kappa shape index (κ2) is 11.7. The number of fused-ring (bicyclic) bond motifs is 1. The summed E-state index contributed by atoms with van der Waals surface area (Å²) in [5.41, 5.74) is 1.85. The summed E-state index contributed by atoms with van der Waals surface area (Å²) in [5.74, 6) is 2.25. The highest BCUT2D eigenvalue weighted by Crippen LogP contribution is 2.22. The predicted octanol–water partition coefficient (Wildman–Crippen LogP) is 2.46. The van der Waals surface area contributed by atoms with Crippen LogP contribution in [0.5, 0.6) is 5.75 Å². The first-order valence-electron chi connectivity index (χ1n) is 9.26. The lowest BCUT2D eigenvalue weighted by molar-refractivity contribution is 0.414. The number of aromatic nitrogens is 4. The van der Waals surface area contributed by atoms with E-state index >= 15 is 0 Å². The van der Waals surface area contributed by atoms with E-state index in [1.54, 1.807) is 25.0 Å². The zero-order valence-electron chi connectivity index (χ0n) is 17.1. The minimum atomic E-state index is 0. The zero-order chi connectivity index (χ0) is 20.6. The lowest BCUT2D eigenvalue weighted by Crippen LogP contribution is -2.40. The molecular weight excluding hydrogens is 519 g/mol. The Morgan fingerprint density at radius 2 is 2.00 bits per heavy atom. The number of halogens is 2. The summed E-state index contributed by atoms with van der Waals surface area (Å²) in [7, 11) is 5.23. The van der Waals surface area contributed by atoms with E-state index in [1.165, 1.54) is 6.33 Å². The molecule has 3 N–H and O–H groups in total. The molecule has 2 aromatic heterocycles. The molecule has 0 aliphatic rings. The Balaban J connectivity index is 0.00000320. The highest BCUT2D eigenvalue weighted by molar-refractivity contribution is 14.0. The van der Waals surface area contributed by atoms with Gasteiger partial charge in [-0.3, -0.25) is 9.67 Å². The fraction of sp³-hybridized carbons (Fsp3) is 0.368. The molecule has 0 aliphatic heterocycles. The largest absolute Gasteiger partial charge is 0.497 e. The highest BCUT2D eigenvalue weighted by Gasteiger charge is 2.07. The van der Waals surface area contributed by atoms with Crippen LogP contribution in [0.3, 0.4) is 0 Å². The first-order chi connectivity index (χ1) is 14.1. The molecule has 0 radical (unpaired) electrons. The van der Waals surface area contributed by atoms with Crippen LogP contribution in [0.2, 0.25) is 5.02 Å². The van der Waals surface area contributed by atoms with Gasteiger partial charge in [0, 0.05) is 38.8 Å². The van der Waals surface area contributed by atoms with Crippen LogP contribution in [0.25, 0.3) is 11.0 Å². The Morgan fingerprint density at radius 1 is 1.20 bits per heavy atom. The van der Waals surface area contributed by atoms with Gasteiger partial charge in [0.2, 0.25) is 0 Å². The van der Waals surface area contributed by atoms with Crippen molar-refractivity contribution in [1.29, 1.82) is 0 Å². The summed E-state index contributed by atoms with van der Waals surface area (Å²) >= 11 is 6.28. The van der Waals surface area contributed by atoms with Crippen LogP contribution in [0, 0.1) is 0 Å². The Morgan fingerprint density at radius 3 is 2.73 bits per heavy atom. The van der Waals surface area contributed by atoms with E-state index in [-0.39, 0.29) is 24.0 Å². The third-order valence-electron chi connectivity index (χ3n) is 4.41. The number of aryl methyl sites for hydroxylation is 1. The van der Waals surface area contributed by atoms with Gasteiger partial charge in [0.1, 0.15) is 17.9 Å². The number of nitrogens with zero attached hydrogens (tertiary/aromatic N) is 5. The number of nitrogens with one attached hydrogen (secondary N) is 3. The predicted molar refractivity (Wildman–Crippen MR) is 131 cm³/mol. The number of hydrogen-bond acceptors (Lipinski definition) is 6. The molecule has 3 rings (SSSR count). The molecule has 9 nitrogen and oxygen atoms in total. The Labute approximate surface area is 197 Å². The first-order valence-corrected chi connectivity index (χ1v) is 9.63. The summed E-state index contributed by atoms with van der Waals surface area (Å²) in [5, 5.41) is 15.7. The van der Waals surface area contributed by atoms with E-state index in [2.05, 4.69) is 36.0 Å². The molecule has 3 aromatic rings. The van der Waals surface area contributed by atoms with Crippen molar-refractivity contribution < 1.29 is 4.74 Å². The van der Waals surface area contributed by atoms with Crippen molar-refractivity contribution in [2.75, 3.05) is 39.1 Å². The maximum atomic E-state index is 6.28. The third-order valence-corrected chi connectivity index (χ3v) is 4.76. The molecule has 0 saturated heterocycles. The Hall–Kier alpha value is -2.34. The number of hydrogen-bond donors (Lipinski definition) is 3. The first kappa shape index (κ1) is 23.9. The number of ether oxygens (including phenoxy) is 1. The van der Waals surface area contributed by atoms with Gasteiger partial charge in [-0.05, 0) is 24.1 Å². The minimum absolute atomic E-state index is 0. The molecule has 0 amide bonds. The van der Waals surface area contributed by atoms with E-state index in [4.69, 9.17) is 16.3 Å². The van der Waals surface area contributed by atoms with Crippen LogP contribution in [-0.2, 0) is 13.5 Å². The monoisotopic (exact) mass is 544 g/mol. The molecule has 0 fully saturated rings. The van der Waals surface area contributed by atoms with Gasteiger partial charge >= 0.3 is 0 Å². The lowest BCUT2D eigenvalue weighted by Gasteiger charge is -2.13. The molecule has 0 spiro atoms. The number of aliphatic imine (C=N–C) groups is 1. The molecule has 0 aliphatic carbocycles. The van der Waals surface area contributed by atoms with Gasteiger partial charge in [-0.1, -0.05) is 17.7 Å². The minimum Gasteiger partial charge on any atom is -0.497 e. The van der Waals surface area contributed by atoms with Gasteiger partial charge in [0.15, 0.2) is 11.6 Å². The second-order valence-corrected chi connectivity index (χ2v) is 6.69. The summed E-state index contributed by atoms with van der Waals surface area (Å²) in [6.07, 6.45) is 4.07. The summed E-state index contributed by atoms with van der Waals surface area (Å²) in [6.45, 7) is 2.06. The second-order valence-electron chi connectivity index (χ2n) is 6.29. The molecule has 30 heavy (non-hydrogen) atoms. The van der Waals surface area contributed by atoms with Crippen molar-refractivity contribution in [2.45, 2.75) is 6.42 Å². The fourth-order valence-electron chi connectivity index (χ4n) is 2.86. The Kier molecular flexibility index (Phi) is 9.37. The number of anilines is 1. The topological polar surface area (TPSA) is 101 Å². The van der Waals surface area contributed by atoms with E-state index in [0.29, 0.717) is 24.7 Å². The van der Waals surface area contributed by atoms with Crippen molar-refractivity contribution >= 4 is 58.4 Å². The average Bonchev–Trinajstić information content (AvgIpc) is 3.12. The third kappa shape index (κ3) is 6.08. The average molecular weight is 545 g/mol. The van der Waals surface area contributed by atoms with Crippen LogP contribution in [0.15, 0.2) is 35.7 Å². The highest BCUT2D eigenvalue weighted by atomic mass is 127. The van der Waals surface area contributed by atoms with Crippen LogP contribution in [0.1, 0.15) is 5.56 Å². The molecule has 11 heteroatoms. The Bertz CT molecular complexity index is 994. The van der Waals surface area contributed by atoms with Gasteiger partial charge in [-0.25, -0.2) is 9.97 Å². The number of benzene rings is 1. The van der Waals surface area contributed by atoms with Crippen molar-refractivity contribution in [3.05, 3.63) is 41.3 Å². The van der Waals surface area contributed by atoms with Crippen molar-refractivity contribution in [3.63, 3.8) is 0 Å². The SMILES string of the molecule is CN=C(NCCNc1ncnc2c1cnn2C)NCCc1ccc(OC)cc1Cl.I. The normalized spacial score (nSPS) is 11.1.